The molecule has 0 aromatic heterocycles. The minimum absolute atomic E-state index is 0.184. The van der Waals surface area contributed by atoms with Gasteiger partial charge in [-0.25, -0.2) is 0 Å². The van der Waals surface area contributed by atoms with E-state index >= 15 is 0 Å². The predicted molar refractivity (Wildman–Crippen MR) is 121 cm³/mol. The Balaban J connectivity index is 1.83. The van der Waals surface area contributed by atoms with Crippen LogP contribution >= 0.6 is 23.2 Å². The van der Waals surface area contributed by atoms with Gasteiger partial charge < -0.3 is 19.6 Å². The van der Waals surface area contributed by atoms with Crippen molar-refractivity contribution in [1.82, 2.24) is 0 Å². The first-order valence-electron chi connectivity index (χ1n) is 9.19. The highest BCUT2D eigenvalue weighted by molar-refractivity contribution is 6.55. The second-order valence-corrected chi connectivity index (χ2v) is 8.29. The maximum Gasteiger partial charge on any atom is 0.129 e. The van der Waals surface area contributed by atoms with E-state index < -0.39 is 0 Å². The van der Waals surface area contributed by atoms with Gasteiger partial charge in [0.25, 0.3) is 0 Å². The van der Waals surface area contributed by atoms with Crippen LogP contribution in [0.3, 0.4) is 0 Å². The summed E-state index contributed by atoms with van der Waals surface area (Å²) in [5, 5.41) is 7.42. The van der Waals surface area contributed by atoms with Crippen molar-refractivity contribution in [3.8, 4) is 17.2 Å². The fourth-order valence-electron chi connectivity index (χ4n) is 2.06. The lowest BCUT2D eigenvalue weighted by molar-refractivity contribution is 0.000679. The van der Waals surface area contributed by atoms with E-state index in [0.29, 0.717) is 24.7 Å². The summed E-state index contributed by atoms with van der Waals surface area (Å²) in [6.45, 7) is 8.72. The molecule has 5 nitrogen and oxygen atoms in total. The molecule has 0 radical (unpaired) electrons. The molecular weight excluding hydrogens is 411 g/mol. The Kier molecular flexibility index (Phi) is 8.68. The van der Waals surface area contributed by atoms with Gasteiger partial charge in [0.1, 0.15) is 33.9 Å². The van der Waals surface area contributed by atoms with Crippen molar-refractivity contribution < 1.29 is 14.3 Å². The summed E-state index contributed by atoms with van der Waals surface area (Å²) in [5.41, 5.74) is 1.54. The Morgan fingerprint density at radius 2 is 1.52 bits per heavy atom. The summed E-state index contributed by atoms with van der Waals surface area (Å²) < 4.78 is 11.5. The maximum atomic E-state index is 5.85. The molecule has 2 aromatic carbocycles. The van der Waals surface area contributed by atoms with Gasteiger partial charge in [-0.1, -0.05) is 28.4 Å². The molecule has 0 aliphatic carbocycles. The standard InChI is InChI=1S/C22H26Cl2N2O3/c1-16(26-29-22(2,3)4)15-25-17-5-7-19(8-6-17)28-20-11-9-18(10-12-20)27-14-13-21(23)24/h5-13,25H,14-15H2,1-4H3. The molecule has 7 heteroatoms. The van der Waals surface area contributed by atoms with E-state index in [-0.39, 0.29) is 10.1 Å². The van der Waals surface area contributed by atoms with Gasteiger partial charge in [0.05, 0.1) is 12.3 Å². The molecule has 2 rings (SSSR count). The normalized spacial score (nSPS) is 11.6. The molecule has 29 heavy (non-hydrogen) atoms. The van der Waals surface area contributed by atoms with E-state index in [1.807, 2.05) is 76.2 Å². The van der Waals surface area contributed by atoms with Crippen LogP contribution in [0.4, 0.5) is 5.69 Å². The molecule has 0 bridgehead atoms. The first kappa shape index (κ1) is 22.9. The number of benzene rings is 2. The Morgan fingerprint density at radius 3 is 2.07 bits per heavy atom. The topological polar surface area (TPSA) is 52.1 Å². The molecule has 0 amide bonds. The number of hydrogen-bond acceptors (Lipinski definition) is 5. The molecule has 0 unspecified atom stereocenters. The van der Waals surface area contributed by atoms with Crippen molar-refractivity contribution >= 4 is 34.6 Å². The van der Waals surface area contributed by atoms with E-state index in [0.717, 1.165) is 17.1 Å². The van der Waals surface area contributed by atoms with E-state index in [1.165, 1.54) is 0 Å². The molecule has 0 atom stereocenters. The minimum atomic E-state index is -0.292. The molecular formula is C22H26Cl2N2O3. The van der Waals surface area contributed by atoms with Gasteiger partial charge in [0.2, 0.25) is 0 Å². The van der Waals surface area contributed by atoms with Gasteiger partial charge in [-0.2, -0.15) is 0 Å². The van der Waals surface area contributed by atoms with Gasteiger partial charge in [0.15, 0.2) is 0 Å². The number of halogens is 2. The van der Waals surface area contributed by atoms with Crippen molar-refractivity contribution in [3.05, 3.63) is 59.1 Å². The summed E-state index contributed by atoms with van der Waals surface area (Å²) in [7, 11) is 0. The van der Waals surface area contributed by atoms with Crippen molar-refractivity contribution in [2.75, 3.05) is 18.5 Å². The van der Waals surface area contributed by atoms with Crippen molar-refractivity contribution in [3.63, 3.8) is 0 Å². The summed E-state index contributed by atoms with van der Waals surface area (Å²) >= 11 is 11.1. The quantitative estimate of drug-likeness (QED) is 0.347. The summed E-state index contributed by atoms with van der Waals surface area (Å²) in [4.78, 5) is 5.41. The molecule has 0 heterocycles. The number of nitrogens with zero attached hydrogens (tertiary/aromatic N) is 1. The molecule has 0 saturated heterocycles. The van der Waals surface area contributed by atoms with Crippen LogP contribution in [0, 0.1) is 0 Å². The van der Waals surface area contributed by atoms with Gasteiger partial charge in [-0.3, -0.25) is 0 Å². The number of ether oxygens (including phenoxy) is 2. The highest BCUT2D eigenvalue weighted by Crippen LogP contribution is 2.25. The van der Waals surface area contributed by atoms with E-state index in [2.05, 4.69) is 10.5 Å². The maximum absolute atomic E-state index is 5.85. The van der Waals surface area contributed by atoms with Gasteiger partial charge in [0, 0.05) is 5.69 Å². The molecule has 0 fully saturated rings. The third-order valence-corrected chi connectivity index (χ3v) is 3.73. The van der Waals surface area contributed by atoms with Gasteiger partial charge in [-0.05, 0) is 82.3 Å². The number of oxime groups is 1. The third kappa shape index (κ3) is 9.59. The summed E-state index contributed by atoms with van der Waals surface area (Å²) in [6, 6.07) is 15.0. The minimum Gasteiger partial charge on any atom is -0.489 e. The largest absolute Gasteiger partial charge is 0.489 e. The van der Waals surface area contributed by atoms with Crippen molar-refractivity contribution in [2.24, 2.45) is 5.16 Å². The van der Waals surface area contributed by atoms with Crippen LogP contribution in [0.15, 0.2) is 64.3 Å². The van der Waals surface area contributed by atoms with E-state index in [1.54, 1.807) is 6.08 Å². The van der Waals surface area contributed by atoms with Gasteiger partial charge in [-0.15, -0.1) is 0 Å². The number of nitrogens with one attached hydrogen (secondary N) is 1. The highest BCUT2D eigenvalue weighted by Gasteiger charge is 2.10. The Hall–Kier alpha value is -2.37. The number of rotatable bonds is 9. The SMILES string of the molecule is CC(CNc1ccc(Oc2ccc(OCC=C(Cl)Cl)cc2)cc1)=NOC(C)(C)C. The van der Waals surface area contributed by atoms with E-state index in [9.17, 15) is 0 Å². The Labute approximate surface area is 182 Å². The van der Waals surface area contributed by atoms with Crippen LogP contribution in [-0.4, -0.2) is 24.5 Å². The monoisotopic (exact) mass is 436 g/mol. The Bertz CT molecular complexity index is 823. The molecule has 1 N–H and O–H groups in total. The van der Waals surface area contributed by atoms with Crippen LogP contribution in [0.5, 0.6) is 17.2 Å². The zero-order valence-corrected chi connectivity index (χ0v) is 18.6. The smallest absolute Gasteiger partial charge is 0.129 e. The molecule has 0 saturated carbocycles. The fraction of sp³-hybridized carbons (Fsp3) is 0.318. The first-order valence-corrected chi connectivity index (χ1v) is 9.94. The van der Waals surface area contributed by atoms with Crippen LogP contribution in [0.1, 0.15) is 27.7 Å². The first-order chi connectivity index (χ1) is 13.7. The zero-order chi connectivity index (χ0) is 21.3. The molecule has 0 aliphatic heterocycles. The van der Waals surface area contributed by atoms with Crippen LogP contribution in [-0.2, 0) is 4.84 Å². The average molecular weight is 437 g/mol. The average Bonchev–Trinajstić information content (AvgIpc) is 2.66. The second kappa shape index (κ2) is 11.0. The summed E-state index contributed by atoms with van der Waals surface area (Å²) in [6.07, 6.45) is 1.58. The third-order valence-electron chi connectivity index (χ3n) is 3.43. The molecule has 2 aromatic rings. The lowest BCUT2D eigenvalue weighted by atomic mass is 10.2. The van der Waals surface area contributed by atoms with E-state index in [4.69, 9.17) is 37.5 Å². The zero-order valence-electron chi connectivity index (χ0n) is 17.0. The Morgan fingerprint density at radius 1 is 0.966 bits per heavy atom. The second-order valence-electron chi connectivity index (χ2n) is 7.29. The lowest BCUT2D eigenvalue weighted by Crippen LogP contribution is -2.18. The van der Waals surface area contributed by atoms with Crippen molar-refractivity contribution in [1.29, 1.82) is 0 Å². The molecule has 0 aliphatic rings. The molecule has 0 spiro atoms. The van der Waals surface area contributed by atoms with Crippen LogP contribution in [0.25, 0.3) is 0 Å². The lowest BCUT2D eigenvalue weighted by Gasteiger charge is -2.16. The van der Waals surface area contributed by atoms with Crippen LogP contribution in [0.2, 0.25) is 0 Å². The number of hydrogen-bond donors (Lipinski definition) is 1. The summed E-state index contributed by atoms with van der Waals surface area (Å²) in [5.74, 6) is 2.16. The van der Waals surface area contributed by atoms with Crippen molar-refractivity contribution in [2.45, 2.75) is 33.3 Å². The predicted octanol–water partition coefficient (Wildman–Crippen LogP) is 6.78. The number of anilines is 1. The fourth-order valence-corrected chi connectivity index (χ4v) is 2.18. The van der Waals surface area contributed by atoms with Crippen LogP contribution < -0.4 is 14.8 Å². The molecule has 156 valence electrons. The van der Waals surface area contributed by atoms with Gasteiger partial charge >= 0.3 is 0 Å². The highest BCUT2D eigenvalue weighted by atomic mass is 35.5.